The molecule has 2 aliphatic heterocycles. The van der Waals surface area contributed by atoms with E-state index in [4.69, 9.17) is 0 Å². The van der Waals surface area contributed by atoms with Gasteiger partial charge in [0, 0.05) is 23.5 Å². The van der Waals surface area contributed by atoms with Gasteiger partial charge in [-0.05, 0) is 44.7 Å². The summed E-state index contributed by atoms with van der Waals surface area (Å²) >= 11 is 0. The average molecular weight is 394 g/mol. The van der Waals surface area contributed by atoms with Crippen LogP contribution in [0.15, 0.2) is 24.3 Å². The lowest BCUT2D eigenvalue weighted by Gasteiger charge is -2.36. The summed E-state index contributed by atoms with van der Waals surface area (Å²) < 4.78 is 0. The number of imide groups is 1. The van der Waals surface area contributed by atoms with Crippen LogP contribution in [0, 0.1) is 0 Å². The number of fused-ring (bicyclic) bond motifs is 5. The molecule has 3 aliphatic rings. The van der Waals surface area contributed by atoms with Gasteiger partial charge in [-0.3, -0.25) is 9.59 Å². The van der Waals surface area contributed by atoms with Gasteiger partial charge in [-0.25, -0.2) is 9.69 Å². The summed E-state index contributed by atoms with van der Waals surface area (Å²) in [4.78, 5) is 45.7. The Morgan fingerprint density at radius 1 is 1.24 bits per heavy atom. The molecule has 4 amide bonds. The van der Waals surface area contributed by atoms with Crippen LogP contribution in [-0.2, 0) is 21.5 Å². The van der Waals surface area contributed by atoms with Crippen LogP contribution in [0.2, 0.25) is 0 Å². The van der Waals surface area contributed by atoms with Crippen LogP contribution >= 0.6 is 0 Å². The zero-order valence-corrected chi connectivity index (χ0v) is 16.8. The van der Waals surface area contributed by atoms with Gasteiger partial charge in [-0.2, -0.15) is 0 Å². The molecule has 0 radical (unpaired) electrons. The number of carbonyl (C=O) groups is 3. The number of rotatable bonds is 3. The van der Waals surface area contributed by atoms with Gasteiger partial charge in [-0.1, -0.05) is 31.0 Å². The summed E-state index contributed by atoms with van der Waals surface area (Å²) in [6, 6.07) is 6.90. The van der Waals surface area contributed by atoms with Crippen molar-refractivity contribution in [3.63, 3.8) is 0 Å². The van der Waals surface area contributed by atoms with Gasteiger partial charge in [0.25, 0.3) is 5.91 Å². The summed E-state index contributed by atoms with van der Waals surface area (Å²) in [7, 11) is 0. The molecule has 2 fully saturated rings. The Morgan fingerprint density at radius 3 is 2.72 bits per heavy atom. The monoisotopic (exact) mass is 394 g/mol. The Hall–Kier alpha value is -2.83. The minimum absolute atomic E-state index is 0.149. The molecule has 0 unspecified atom stereocenters. The Kier molecular flexibility index (Phi) is 3.98. The van der Waals surface area contributed by atoms with Crippen LogP contribution in [0.1, 0.15) is 50.8 Å². The molecule has 2 N–H and O–H groups in total. The van der Waals surface area contributed by atoms with E-state index in [0.29, 0.717) is 13.0 Å². The first-order valence-electron chi connectivity index (χ1n) is 10.5. The van der Waals surface area contributed by atoms with E-state index in [1.54, 1.807) is 18.7 Å². The van der Waals surface area contributed by atoms with Crippen LogP contribution in [0.3, 0.4) is 0 Å². The van der Waals surface area contributed by atoms with Crippen molar-refractivity contribution in [3.05, 3.63) is 35.5 Å². The summed E-state index contributed by atoms with van der Waals surface area (Å²) in [6.07, 6.45) is 4.82. The molecule has 5 rings (SSSR count). The minimum Gasteiger partial charge on any atom is -0.356 e. The molecule has 1 aromatic carbocycles. The Morgan fingerprint density at radius 2 is 1.97 bits per heavy atom. The van der Waals surface area contributed by atoms with Gasteiger partial charge in [0.2, 0.25) is 5.91 Å². The molecule has 1 saturated carbocycles. The first-order valence-corrected chi connectivity index (χ1v) is 10.5. The lowest BCUT2D eigenvalue weighted by molar-refractivity contribution is -0.139. The van der Waals surface area contributed by atoms with E-state index >= 15 is 0 Å². The number of amides is 4. The quantitative estimate of drug-likeness (QED) is 0.785. The van der Waals surface area contributed by atoms with Crippen LogP contribution in [-0.4, -0.2) is 51.3 Å². The van der Waals surface area contributed by atoms with Gasteiger partial charge < -0.3 is 15.2 Å². The summed E-state index contributed by atoms with van der Waals surface area (Å²) in [5, 5.41) is 4.11. The van der Waals surface area contributed by atoms with Gasteiger partial charge in [0.15, 0.2) is 5.54 Å². The van der Waals surface area contributed by atoms with Crippen LogP contribution < -0.4 is 5.32 Å². The number of para-hydroxylation sites is 1. The molecular formula is C22H26N4O3. The van der Waals surface area contributed by atoms with E-state index in [-0.39, 0.29) is 23.9 Å². The second-order valence-electron chi connectivity index (χ2n) is 8.62. The summed E-state index contributed by atoms with van der Waals surface area (Å²) in [5.41, 5.74) is 1.72. The number of aromatic amines is 1. The third-order valence-electron chi connectivity index (χ3n) is 6.97. The Balaban J connectivity index is 1.49. The molecule has 0 spiro atoms. The number of nitrogens with zero attached hydrogens (tertiary/aromatic N) is 2. The fraction of sp³-hybridized carbons (Fsp3) is 0.500. The predicted molar refractivity (Wildman–Crippen MR) is 108 cm³/mol. The molecular weight excluding hydrogens is 368 g/mol. The van der Waals surface area contributed by atoms with Crippen molar-refractivity contribution in [1.29, 1.82) is 0 Å². The molecule has 1 aliphatic carbocycles. The highest BCUT2D eigenvalue weighted by Crippen LogP contribution is 2.44. The van der Waals surface area contributed by atoms with Crippen molar-refractivity contribution in [1.82, 2.24) is 20.1 Å². The second kappa shape index (κ2) is 6.34. The van der Waals surface area contributed by atoms with E-state index in [1.165, 1.54) is 0 Å². The summed E-state index contributed by atoms with van der Waals surface area (Å²) in [6.45, 7) is 3.90. The first-order chi connectivity index (χ1) is 13.9. The summed E-state index contributed by atoms with van der Waals surface area (Å²) in [5.74, 6) is -0.581. The SMILES string of the molecule is C[C@@H](C(=O)NC1CCCC1)N1C(=O)N2CCc3c([nH]c4ccccc34)[C@]2(C)C1=O. The highest BCUT2D eigenvalue weighted by atomic mass is 16.2. The zero-order chi connectivity index (χ0) is 20.3. The highest BCUT2D eigenvalue weighted by molar-refractivity contribution is 6.10. The standard InChI is InChI=1S/C22H26N4O3/c1-13(19(27)23-14-7-3-4-8-14)26-20(28)22(2)18-16(11-12-25(22)21(26)29)15-9-5-6-10-17(15)24-18/h5-6,9-10,13-14,24H,3-4,7-8,11-12H2,1-2H3,(H,23,27)/t13-,22+/m0/s1. The molecule has 7 nitrogen and oxygen atoms in total. The van der Waals surface area contributed by atoms with Crippen molar-refractivity contribution >= 4 is 28.7 Å². The van der Waals surface area contributed by atoms with E-state index in [2.05, 4.69) is 10.3 Å². The van der Waals surface area contributed by atoms with E-state index in [0.717, 1.165) is 52.7 Å². The van der Waals surface area contributed by atoms with Gasteiger partial charge >= 0.3 is 6.03 Å². The van der Waals surface area contributed by atoms with E-state index in [1.807, 2.05) is 24.3 Å². The molecule has 0 bridgehead atoms. The largest absolute Gasteiger partial charge is 0.356 e. The van der Waals surface area contributed by atoms with Crippen LogP contribution in [0.25, 0.3) is 10.9 Å². The normalized spacial score (nSPS) is 25.4. The molecule has 2 aromatic rings. The highest BCUT2D eigenvalue weighted by Gasteiger charge is 2.60. The molecule has 29 heavy (non-hydrogen) atoms. The third kappa shape index (κ3) is 2.46. The first kappa shape index (κ1) is 18.2. The fourth-order valence-corrected chi connectivity index (χ4v) is 5.27. The maximum atomic E-state index is 13.6. The van der Waals surface area contributed by atoms with Crippen molar-refractivity contribution in [2.45, 2.75) is 63.6 Å². The average Bonchev–Trinajstić information content (AvgIpc) is 3.39. The smallest absolute Gasteiger partial charge is 0.328 e. The lowest BCUT2D eigenvalue weighted by Crippen LogP contribution is -2.51. The van der Waals surface area contributed by atoms with Crippen molar-refractivity contribution < 1.29 is 14.4 Å². The second-order valence-corrected chi connectivity index (χ2v) is 8.62. The number of nitrogens with one attached hydrogen (secondary N) is 2. The number of hydrogen-bond acceptors (Lipinski definition) is 3. The molecule has 2 atom stereocenters. The topological polar surface area (TPSA) is 85.5 Å². The van der Waals surface area contributed by atoms with E-state index in [9.17, 15) is 14.4 Å². The maximum Gasteiger partial charge on any atom is 0.328 e. The molecule has 152 valence electrons. The fourth-order valence-electron chi connectivity index (χ4n) is 5.27. The van der Waals surface area contributed by atoms with Crippen LogP contribution in [0.5, 0.6) is 0 Å². The number of hydrogen-bond donors (Lipinski definition) is 2. The lowest BCUT2D eigenvalue weighted by atomic mass is 9.87. The number of carbonyl (C=O) groups excluding carboxylic acids is 3. The van der Waals surface area contributed by atoms with Crippen molar-refractivity contribution in [3.8, 4) is 0 Å². The zero-order valence-electron chi connectivity index (χ0n) is 16.8. The van der Waals surface area contributed by atoms with Gasteiger partial charge in [-0.15, -0.1) is 0 Å². The Labute approximate surface area is 169 Å². The molecule has 3 heterocycles. The predicted octanol–water partition coefficient (Wildman–Crippen LogP) is 2.65. The van der Waals surface area contributed by atoms with E-state index < -0.39 is 11.6 Å². The van der Waals surface area contributed by atoms with Crippen molar-refractivity contribution in [2.24, 2.45) is 0 Å². The molecule has 1 saturated heterocycles. The minimum atomic E-state index is -1.11. The number of aromatic nitrogens is 1. The Bertz CT molecular complexity index is 1020. The van der Waals surface area contributed by atoms with Crippen LogP contribution in [0.4, 0.5) is 4.79 Å². The third-order valence-corrected chi connectivity index (χ3v) is 6.97. The molecule has 7 heteroatoms. The number of H-pyrrole nitrogens is 1. The maximum absolute atomic E-state index is 13.6. The molecule has 1 aromatic heterocycles. The van der Waals surface area contributed by atoms with Gasteiger partial charge in [0.1, 0.15) is 6.04 Å². The number of benzene rings is 1. The van der Waals surface area contributed by atoms with Crippen molar-refractivity contribution in [2.75, 3.05) is 6.54 Å². The number of urea groups is 1. The van der Waals surface area contributed by atoms with Gasteiger partial charge in [0.05, 0.1) is 5.69 Å².